The molecule has 0 amide bonds. The van der Waals surface area contributed by atoms with Crippen molar-refractivity contribution in [1.29, 1.82) is 0 Å². The fourth-order valence-corrected chi connectivity index (χ4v) is 103. The van der Waals surface area contributed by atoms with Gasteiger partial charge in [-0.1, -0.05) is 0 Å². The molecule has 0 aliphatic rings. The van der Waals surface area contributed by atoms with E-state index < -0.39 is 0 Å². The Balaban J connectivity index is 4.30. The maximum Gasteiger partial charge on any atom is -0.00631 e. The van der Waals surface area contributed by atoms with E-state index in [9.17, 15) is 0 Å². The summed E-state index contributed by atoms with van der Waals surface area (Å²) >= 11 is 0. The average Bonchev–Trinajstić information content (AvgIpc) is 1.85. The maximum absolute atomic E-state index is 3.09. The molecule has 0 aliphatic heterocycles. The molecule has 0 heterocycles. The fraction of sp³-hybridized carbons (Fsp3) is 0. The number of hydrogen-bond acceptors (Lipinski definition) is 0. The molecule has 12 heavy (non-hydrogen) atoms. The number of rotatable bonds is 4. The summed E-state index contributed by atoms with van der Waals surface area (Å²) in [7, 11) is 21.0. The van der Waals surface area contributed by atoms with Crippen molar-refractivity contribution in [2.24, 2.45) is 0 Å². The molecule has 0 spiro atoms. The van der Waals surface area contributed by atoms with Crippen LogP contribution < -0.4 is 0 Å². The van der Waals surface area contributed by atoms with E-state index in [1.165, 1.54) is 0 Å². The molecule has 0 bridgehead atoms. The van der Waals surface area contributed by atoms with E-state index in [4.69, 9.17) is 0 Å². The Labute approximate surface area is 97.0 Å². The van der Waals surface area contributed by atoms with Crippen LogP contribution in [0.15, 0.2) is 0 Å². The van der Waals surface area contributed by atoms with Crippen molar-refractivity contribution >= 4 is 97.4 Å². The lowest BCUT2D eigenvalue weighted by Gasteiger charge is -2.32. The van der Waals surface area contributed by atoms with Crippen molar-refractivity contribution in [2.75, 3.05) is 0 Å². The van der Waals surface area contributed by atoms with Crippen LogP contribution in [0.25, 0.3) is 0 Å². The fourth-order valence-electron chi connectivity index (χ4n) is 0.423. The zero-order valence-electron chi connectivity index (χ0n) is 6.28. The van der Waals surface area contributed by atoms with Gasteiger partial charge in [0, 0.05) is 0 Å². The minimum absolute atomic E-state index is 0.103. The van der Waals surface area contributed by atoms with Gasteiger partial charge >= 0.3 is 0 Å². The van der Waals surface area contributed by atoms with Crippen LogP contribution in [0.2, 0.25) is 0 Å². The highest BCUT2D eigenvalue weighted by Gasteiger charge is 2.26. The SMILES string of the molecule is PP(P)P(P)P(P(P)P)P(P)P. The molecule has 0 radical (unpaired) electrons. The van der Waals surface area contributed by atoms with Gasteiger partial charge in [-0.3, -0.25) is 0 Å². The van der Waals surface area contributed by atoms with Crippen LogP contribution in [0.3, 0.4) is 0 Å². The Morgan fingerprint density at radius 2 is 0.833 bits per heavy atom. The summed E-state index contributed by atoms with van der Waals surface area (Å²) in [6.07, 6.45) is 0. The first-order chi connectivity index (χ1) is 5.37. The standard InChI is InChI=1S/H14P12/c1-8(2)11(7)12(9(3)4)10(5)6/h1-7H2. The summed E-state index contributed by atoms with van der Waals surface area (Å²) in [4.78, 5) is 0. The summed E-state index contributed by atoms with van der Waals surface area (Å²) in [5.41, 5.74) is 0. The number of hydrogen-bond donors (Lipinski definition) is 0. The van der Waals surface area contributed by atoms with E-state index in [1.807, 2.05) is 0 Å². The summed E-state index contributed by atoms with van der Waals surface area (Å²) in [6.45, 7) is 0.700. The zero-order valence-corrected chi connectivity index (χ0v) is 18.8. The van der Waals surface area contributed by atoms with Crippen molar-refractivity contribution in [3.05, 3.63) is 0 Å². The first-order valence-corrected chi connectivity index (χ1v) is 23.5. The second kappa shape index (κ2) is 9.14. The van der Waals surface area contributed by atoms with Gasteiger partial charge in [-0.2, -0.15) is 0 Å². The van der Waals surface area contributed by atoms with Gasteiger partial charge in [0.05, 0.1) is 0 Å². The highest BCUT2D eigenvalue weighted by atomic mass is 33.3. The Morgan fingerprint density at radius 3 is 0.917 bits per heavy atom. The molecule has 74 valence electrons. The quantitative estimate of drug-likeness (QED) is 0.479. The third-order valence-electron chi connectivity index (χ3n) is 0.833. The molecule has 0 saturated carbocycles. The Bertz CT molecular complexity index is 103. The molecule has 12 heteroatoms. The molecule has 0 fully saturated rings. The van der Waals surface area contributed by atoms with Crippen LogP contribution >= 0.6 is 97.4 Å². The molecule has 0 saturated heterocycles. The van der Waals surface area contributed by atoms with Gasteiger partial charge in [-0.25, -0.2) is 0 Å². The molecule has 8 atom stereocenters. The Morgan fingerprint density at radius 1 is 0.500 bits per heavy atom. The normalized spacial score (nSPS) is 15.2. The van der Waals surface area contributed by atoms with E-state index in [0.29, 0.717) is 0 Å². The second-order valence-electron chi connectivity index (χ2n) is 1.73. The topological polar surface area (TPSA) is 0 Å². The molecule has 0 aromatic heterocycles. The molecule has 0 aromatic carbocycles. The van der Waals surface area contributed by atoms with Gasteiger partial charge in [-0.05, 0) is 34.9 Å². The molecule has 0 aliphatic carbocycles. The molecular formula is H14P12. The van der Waals surface area contributed by atoms with E-state index in [2.05, 4.69) is 62.5 Å². The largest absolute Gasteiger partial charge is 0.102 e. The highest BCUT2D eigenvalue weighted by Crippen LogP contribution is 3.16. The van der Waals surface area contributed by atoms with Crippen molar-refractivity contribution in [2.45, 2.75) is 0 Å². The van der Waals surface area contributed by atoms with Gasteiger partial charge in [0.2, 0.25) is 0 Å². The van der Waals surface area contributed by atoms with E-state index >= 15 is 0 Å². The smallest absolute Gasteiger partial charge is 0.00631 e. The van der Waals surface area contributed by atoms with E-state index in [0.717, 1.165) is 0 Å². The minimum Gasteiger partial charge on any atom is -0.102 e. The van der Waals surface area contributed by atoms with Crippen molar-refractivity contribution in [3.63, 3.8) is 0 Å². The van der Waals surface area contributed by atoms with Crippen LogP contribution in [0.5, 0.6) is 0 Å². The lowest BCUT2D eigenvalue weighted by Crippen LogP contribution is -1.43. The first kappa shape index (κ1) is 17.2. The predicted molar refractivity (Wildman–Crippen MR) is 103 cm³/mol. The Kier molecular flexibility index (Phi) is 13.1. The van der Waals surface area contributed by atoms with Crippen molar-refractivity contribution < 1.29 is 0 Å². The van der Waals surface area contributed by atoms with Crippen LogP contribution in [-0.2, 0) is 0 Å². The summed E-state index contributed by atoms with van der Waals surface area (Å²) in [5.74, 6) is 0. The molecular weight excluding hydrogens is 372 g/mol. The second-order valence-corrected chi connectivity index (χ2v) is 46.7. The molecule has 0 nitrogen and oxygen atoms in total. The third-order valence-corrected chi connectivity index (χ3v) is 67.5. The first-order valence-electron chi connectivity index (χ1n) is 2.61. The van der Waals surface area contributed by atoms with Crippen LogP contribution in [-0.4, -0.2) is 0 Å². The van der Waals surface area contributed by atoms with Gasteiger partial charge in [0.1, 0.15) is 0 Å². The molecule has 8 unspecified atom stereocenters. The van der Waals surface area contributed by atoms with Crippen molar-refractivity contribution in [3.8, 4) is 0 Å². The zero-order chi connectivity index (χ0) is 9.89. The summed E-state index contributed by atoms with van der Waals surface area (Å²) in [6, 6.07) is 0. The third kappa shape index (κ3) is 6.79. The van der Waals surface area contributed by atoms with Gasteiger partial charge < -0.3 is 0 Å². The van der Waals surface area contributed by atoms with Gasteiger partial charge in [0.25, 0.3) is 0 Å². The molecule has 0 rings (SSSR count). The molecule has 0 aromatic rings. The maximum atomic E-state index is 3.09. The van der Waals surface area contributed by atoms with E-state index in [1.54, 1.807) is 0 Å². The van der Waals surface area contributed by atoms with Gasteiger partial charge in [-0.15, -0.1) is 62.5 Å². The molecule has 0 N–H and O–H groups in total. The van der Waals surface area contributed by atoms with Crippen LogP contribution in [0, 0.1) is 0 Å². The monoisotopic (exact) mass is 386 g/mol. The average molecular weight is 386 g/mol. The Hall–Kier alpha value is 5.16. The summed E-state index contributed by atoms with van der Waals surface area (Å²) in [5, 5.41) is 0. The van der Waals surface area contributed by atoms with Crippen LogP contribution in [0.4, 0.5) is 0 Å². The van der Waals surface area contributed by atoms with E-state index in [-0.39, 0.29) is 34.9 Å². The highest BCUT2D eigenvalue weighted by molar-refractivity contribution is 9.21. The summed E-state index contributed by atoms with van der Waals surface area (Å²) < 4.78 is 0. The predicted octanol–water partition coefficient (Wildman–Crippen LogP) is 6.59. The van der Waals surface area contributed by atoms with Crippen molar-refractivity contribution in [1.82, 2.24) is 0 Å². The lowest BCUT2D eigenvalue weighted by molar-refractivity contribution is 4.63. The lowest BCUT2D eigenvalue weighted by atomic mass is 28.7. The minimum atomic E-state index is 0.103. The van der Waals surface area contributed by atoms with Gasteiger partial charge in [0.15, 0.2) is 0 Å². The van der Waals surface area contributed by atoms with Crippen LogP contribution in [0.1, 0.15) is 0 Å².